The molecule has 0 aliphatic heterocycles. The number of hydrogen-bond acceptors (Lipinski definition) is 1. The number of fused-ring (bicyclic) bond motifs is 6. The molecule has 3 aromatic heterocycles. The van der Waals surface area contributed by atoms with E-state index in [4.69, 9.17) is 4.98 Å². The van der Waals surface area contributed by atoms with Crippen LogP contribution in [0.25, 0.3) is 77.5 Å². The molecule has 0 aliphatic rings. The third-order valence-corrected chi connectivity index (χ3v) is 8.73. The summed E-state index contributed by atoms with van der Waals surface area (Å²) < 4.78 is 4.68. The Bertz CT molecular complexity index is 2470. The van der Waals surface area contributed by atoms with E-state index in [1.807, 2.05) is 0 Å². The minimum atomic E-state index is 0.964. The van der Waals surface area contributed by atoms with Crippen LogP contribution in [0, 0.1) is 0 Å². The van der Waals surface area contributed by atoms with Crippen molar-refractivity contribution >= 4 is 43.7 Å². The van der Waals surface area contributed by atoms with Gasteiger partial charge in [-0.05, 0) is 65.7 Å². The molecule has 44 heavy (non-hydrogen) atoms. The van der Waals surface area contributed by atoms with E-state index in [2.05, 4.69) is 173 Å². The van der Waals surface area contributed by atoms with E-state index in [0.717, 1.165) is 44.6 Å². The summed E-state index contributed by atoms with van der Waals surface area (Å²) in [7, 11) is 0. The van der Waals surface area contributed by atoms with Gasteiger partial charge in [-0.15, -0.1) is 0 Å². The van der Waals surface area contributed by atoms with Gasteiger partial charge in [0.25, 0.3) is 0 Å². The molecule has 0 unspecified atom stereocenters. The molecular weight excluding hydrogens is 534 g/mol. The fourth-order valence-corrected chi connectivity index (χ4v) is 6.69. The topological polar surface area (TPSA) is 22.8 Å². The third-order valence-electron chi connectivity index (χ3n) is 8.73. The first-order valence-corrected chi connectivity index (χ1v) is 15.0. The Morgan fingerprint density at radius 3 is 1.66 bits per heavy atom. The standard InChI is InChI=1S/C41H27N3/c1-3-11-28(12-4-1)29-19-22-32(23-20-29)44-37-17-9-7-15-33(37)34-24-21-30(27-40(34)44)36-25-26-39-41(42-36)35-16-8-10-18-38(35)43(39)31-13-5-2-6-14-31/h1-27H. The summed E-state index contributed by atoms with van der Waals surface area (Å²) in [6.45, 7) is 0. The Kier molecular flexibility index (Phi) is 5.50. The summed E-state index contributed by atoms with van der Waals surface area (Å²) in [6.07, 6.45) is 0. The second-order valence-electron chi connectivity index (χ2n) is 11.2. The molecule has 0 saturated heterocycles. The molecule has 6 aromatic carbocycles. The van der Waals surface area contributed by atoms with E-state index in [-0.39, 0.29) is 0 Å². The van der Waals surface area contributed by atoms with E-state index in [1.54, 1.807) is 0 Å². The summed E-state index contributed by atoms with van der Waals surface area (Å²) in [5.41, 5.74) is 12.4. The van der Waals surface area contributed by atoms with E-state index >= 15 is 0 Å². The highest BCUT2D eigenvalue weighted by Crippen LogP contribution is 2.37. The molecule has 206 valence electrons. The minimum absolute atomic E-state index is 0.964. The molecule has 9 rings (SSSR count). The van der Waals surface area contributed by atoms with Crippen LogP contribution in [0.1, 0.15) is 0 Å². The van der Waals surface area contributed by atoms with Gasteiger partial charge in [-0.2, -0.15) is 0 Å². The second kappa shape index (κ2) is 9.82. The third kappa shape index (κ3) is 3.80. The van der Waals surface area contributed by atoms with Crippen molar-refractivity contribution in [2.24, 2.45) is 0 Å². The van der Waals surface area contributed by atoms with Crippen LogP contribution in [0.5, 0.6) is 0 Å². The number of rotatable bonds is 4. The zero-order valence-electron chi connectivity index (χ0n) is 23.9. The van der Waals surface area contributed by atoms with Crippen molar-refractivity contribution in [3.8, 4) is 33.8 Å². The SMILES string of the molecule is c1ccc(-c2ccc(-n3c4ccccc4c4ccc(-c5ccc6c(n5)c5ccccc5n6-c5ccccc5)cc43)cc2)cc1. The molecule has 0 atom stereocenters. The quantitative estimate of drug-likeness (QED) is 0.210. The van der Waals surface area contributed by atoms with Crippen molar-refractivity contribution in [3.05, 3.63) is 164 Å². The van der Waals surface area contributed by atoms with Crippen LogP contribution in [-0.4, -0.2) is 14.1 Å². The zero-order valence-corrected chi connectivity index (χ0v) is 23.9. The van der Waals surface area contributed by atoms with Crippen LogP contribution in [0.2, 0.25) is 0 Å². The molecule has 3 heterocycles. The van der Waals surface area contributed by atoms with Crippen LogP contribution in [0.15, 0.2) is 164 Å². The Labute approximate surface area is 254 Å². The van der Waals surface area contributed by atoms with Crippen LogP contribution < -0.4 is 0 Å². The zero-order chi connectivity index (χ0) is 29.0. The van der Waals surface area contributed by atoms with Crippen LogP contribution in [-0.2, 0) is 0 Å². The number of pyridine rings is 1. The van der Waals surface area contributed by atoms with Gasteiger partial charge in [-0.1, -0.05) is 109 Å². The average Bonchev–Trinajstić information content (AvgIpc) is 3.61. The van der Waals surface area contributed by atoms with Crippen LogP contribution in [0.3, 0.4) is 0 Å². The first-order chi connectivity index (χ1) is 21.8. The predicted octanol–water partition coefficient (Wildman–Crippen LogP) is 10.6. The lowest BCUT2D eigenvalue weighted by molar-refractivity contribution is 1.17. The minimum Gasteiger partial charge on any atom is -0.309 e. The molecule has 0 N–H and O–H groups in total. The van der Waals surface area contributed by atoms with Gasteiger partial charge < -0.3 is 9.13 Å². The molecule has 9 aromatic rings. The maximum Gasteiger partial charge on any atom is 0.0970 e. The van der Waals surface area contributed by atoms with Crippen molar-refractivity contribution in [1.29, 1.82) is 0 Å². The van der Waals surface area contributed by atoms with E-state index in [9.17, 15) is 0 Å². The molecule has 0 aliphatic carbocycles. The first-order valence-electron chi connectivity index (χ1n) is 15.0. The largest absolute Gasteiger partial charge is 0.309 e. The van der Waals surface area contributed by atoms with E-state index in [1.165, 1.54) is 32.9 Å². The number of hydrogen-bond donors (Lipinski definition) is 0. The van der Waals surface area contributed by atoms with Crippen LogP contribution in [0.4, 0.5) is 0 Å². The molecule has 0 spiro atoms. The number of nitrogens with zero attached hydrogens (tertiary/aromatic N) is 3. The van der Waals surface area contributed by atoms with Crippen molar-refractivity contribution < 1.29 is 0 Å². The summed E-state index contributed by atoms with van der Waals surface area (Å²) in [6, 6.07) is 58.3. The van der Waals surface area contributed by atoms with Gasteiger partial charge in [-0.3, -0.25) is 0 Å². The second-order valence-corrected chi connectivity index (χ2v) is 11.2. The molecule has 3 nitrogen and oxygen atoms in total. The molecule has 3 heteroatoms. The van der Waals surface area contributed by atoms with Crippen molar-refractivity contribution in [2.75, 3.05) is 0 Å². The number of aromatic nitrogens is 3. The van der Waals surface area contributed by atoms with Crippen molar-refractivity contribution in [3.63, 3.8) is 0 Å². The Balaban J connectivity index is 1.23. The normalized spacial score (nSPS) is 11.6. The lowest BCUT2D eigenvalue weighted by Crippen LogP contribution is -1.95. The smallest absolute Gasteiger partial charge is 0.0970 e. The average molecular weight is 562 g/mol. The van der Waals surface area contributed by atoms with Crippen molar-refractivity contribution in [1.82, 2.24) is 14.1 Å². The summed E-state index contributed by atoms with van der Waals surface area (Å²) >= 11 is 0. The van der Waals surface area contributed by atoms with E-state index in [0.29, 0.717) is 0 Å². The molecule has 0 saturated carbocycles. The Morgan fingerprint density at radius 1 is 0.341 bits per heavy atom. The fourth-order valence-electron chi connectivity index (χ4n) is 6.69. The monoisotopic (exact) mass is 561 g/mol. The van der Waals surface area contributed by atoms with Gasteiger partial charge in [-0.25, -0.2) is 4.98 Å². The Morgan fingerprint density at radius 2 is 0.886 bits per heavy atom. The summed E-state index contributed by atoms with van der Waals surface area (Å²) in [4.78, 5) is 5.30. The predicted molar refractivity (Wildman–Crippen MR) is 184 cm³/mol. The van der Waals surface area contributed by atoms with Gasteiger partial charge in [0.15, 0.2) is 0 Å². The first kappa shape index (κ1) is 24.6. The summed E-state index contributed by atoms with van der Waals surface area (Å²) in [5.74, 6) is 0. The fraction of sp³-hybridized carbons (Fsp3) is 0. The van der Waals surface area contributed by atoms with Gasteiger partial charge in [0, 0.05) is 33.1 Å². The lowest BCUT2D eigenvalue weighted by atomic mass is 10.1. The lowest BCUT2D eigenvalue weighted by Gasteiger charge is -2.10. The Hall–Kier alpha value is -5.93. The highest BCUT2D eigenvalue weighted by molar-refractivity contribution is 6.11. The number of para-hydroxylation sites is 3. The van der Waals surface area contributed by atoms with Gasteiger partial charge in [0.1, 0.15) is 0 Å². The number of benzene rings is 6. The van der Waals surface area contributed by atoms with Gasteiger partial charge in [0.2, 0.25) is 0 Å². The van der Waals surface area contributed by atoms with Gasteiger partial charge in [0.05, 0.1) is 33.3 Å². The van der Waals surface area contributed by atoms with Crippen LogP contribution >= 0.6 is 0 Å². The van der Waals surface area contributed by atoms with Gasteiger partial charge >= 0.3 is 0 Å². The summed E-state index contributed by atoms with van der Waals surface area (Å²) in [5, 5.41) is 3.63. The maximum absolute atomic E-state index is 5.30. The molecular formula is C41H27N3. The maximum atomic E-state index is 5.30. The highest BCUT2D eigenvalue weighted by atomic mass is 15.0. The van der Waals surface area contributed by atoms with Crippen molar-refractivity contribution in [2.45, 2.75) is 0 Å². The highest BCUT2D eigenvalue weighted by Gasteiger charge is 2.16. The van der Waals surface area contributed by atoms with E-state index < -0.39 is 0 Å². The molecule has 0 amide bonds. The molecule has 0 radical (unpaired) electrons. The molecule has 0 bridgehead atoms. The molecule has 0 fully saturated rings.